The van der Waals surface area contributed by atoms with E-state index in [1.165, 1.54) is 11.8 Å². The largest absolute Gasteiger partial charge is 0.333 e. The van der Waals surface area contributed by atoms with Gasteiger partial charge in [0.25, 0.3) is 0 Å². The van der Waals surface area contributed by atoms with Crippen LogP contribution in [0.15, 0.2) is 0 Å². The molecule has 0 unspecified atom stereocenters. The van der Waals surface area contributed by atoms with Crippen LogP contribution in [-0.4, -0.2) is 24.4 Å². The molecule has 58 valence electrons. The molecule has 0 aromatic carbocycles. The van der Waals surface area contributed by atoms with Crippen molar-refractivity contribution < 1.29 is 4.79 Å². The second kappa shape index (κ2) is 7.96. The van der Waals surface area contributed by atoms with Gasteiger partial charge in [0, 0.05) is 14.0 Å². The normalized spacial score (nSPS) is 6.70. The first-order valence-electron chi connectivity index (χ1n) is 3.27. The fourth-order valence-electron chi connectivity index (χ4n) is 0.217. The topological polar surface area (TPSA) is 44.1 Å². The molecule has 0 spiro atoms. The minimum atomic E-state index is -0.0773. The van der Waals surface area contributed by atoms with Crippen LogP contribution in [0.3, 0.4) is 0 Å². The maximum absolute atomic E-state index is 10.3. The summed E-state index contributed by atoms with van der Waals surface area (Å²) in [5, 5.41) is 8.04. The smallest absolute Gasteiger partial charge is 0.220 e. The van der Waals surface area contributed by atoms with Gasteiger partial charge in [-0.15, -0.1) is 0 Å². The molecule has 0 aromatic heterocycles. The highest BCUT2D eigenvalue weighted by molar-refractivity contribution is 5.73. The number of nitrogens with zero attached hydrogens (tertiary/aromatic N) is 2. The third-order valence-corrected chi connectivity index (χ3v) is 0.845. The Bertz CT molecular complexity index is 126. The average molecular weight is 142 g/mol. The molecule has 10 heavy (non-hydrogen) atoms. The van der Waals surface area contributed by atoms with Crippen LogP contribution in [0.4, 0.5) is 0 Å². The van der Waals surface area contributed by atoms with Crippen LogP contribution in [0.2, 0.25) is 0 Å². The van der Waals surface area contributed by atoms with Gasteiger partial charge in [-0.05, 0) is 0 Å². The number of carbonyl (C=O) groups is 1. The van der Waals surface area contributed by atoms with E-state index in [4.69, 9.17) is 5.26 Å². The van der Waals surface area contributed by atoms with Crippen LogP contribution >= 0.6 is 0 Å². The summed E-state index contributed by atoms with van der Waals surface area (Å²) in [6.45, 7) is 5.60. The molecule has 0 saturated carbocycles. The molecule has 0 radical (unpaired) electrons. The summed E-state index contributed by atoms with van der Waals surface area (Å²) >= 11 is 0. The number of hydrogen-bond donors (Lipinski definition) is 0. The van der Waals surface area contributed by atoms with Crippen molar-refractivity contribution in [1.82, 2.24) is 4.90 Å². The second-order valence-electron chi connectivity index (χ2n) is 1.53. The first-order chi connectivity index (χ1) is 4.68. The zero-order valence-electron chi connectivity index (χ0n) is 7.01. The summed E-state index contributed by atoms with van der Waals surface area (Å²) in [7, 11) is 1.59. The number of hydrogen-bond acceptors (Lipinski definition) is 2. The number of carbonyl (C=O) groups excluding carboxylic acids is 1. The van der Waals surface area contributed by atoms with Crippen molar-refractivity contribution in [2.75, 3.05) is 13.6 Å². The van der Waals surface area contributed by atoms with Crippen molar-refractivity contribution >= 4 is 5.91 Å². The van der Waals surface area contributed by atoms with Crippen molar-refractivity contribution in [1.29, 1.82) is 5.26 Å². The molecule has 0 aliphatic heterocycles. The molecule has 1 amide bonds. The minimum absolute atomic E-state index is 0.0773. The predicted molar refractivity (Wildman–Crippen MR) is 40.3 cm³/mol. The summed E-state index contributed by atoms with van der Waals surface area (Å²) in [5.74, 6) is -0.0773. The van der Waals surface area contributed by atoms with E-state index in [0.29, 0.717) is 0 Å². The molecule has 3 nitrogen and oxygen atoms in total. The molecule has 0 aliphatic carbocycles. The first kappa shape index (κ1) is 11.7. The standard InChI is InChI=1S/C5H8N2O.C2H6/c1-5(8)7(2)4-3-6;1-2/h4H2,1-2H3;1-2H3. The second-order valence-corrected chi connectivity index (χ2v) is 1.53. The average Bonchev–Trinajstić information content (AvgIpc) is 1.93. The highest BCUT2D eigenvalue weighted by Crippen LogP contribution is 1.78. The van der Waals surface area contributed by atoms with E-state index in [-0.39, 0.29) is 12.5 Å². The molecule has 0 rings (SSSR count). The third kappa shape index (κ3) is 6.96. The Labute approximate surface area is 62.2 Å². The van der Waals surface area contributed by atoms with Gasteiger partial charge in [-0.1, -0.05) is 13.8 Å². The van der Waals surface area contributed by atoms with Crippen LogP contribution in [0.25, 0.3) is 0 Å². The van der Waals surface area contributed by atoms with Crippen LogP contribution in [0.1, 0.15) is 20.8 Å². The van der Waals surface area contributed by atoms with Gasteiger partial charge < -0.3 is 4.90 Å². The van der Waals surface area contributed by atoms with E-state index in [1.807, 2.05) is 19.9 Å². The number of amides is 1. The number of nitriles is 1. The van der Waals surface area contributed by atoms with Crippen LogP contribution in [0, 0.1) is 11.3 Å². The van der Waals surface area contributed by atoms with Crippen LogP contribution < -0.4 is 0 Å². The summed E-state index contributed by atoms with van der Waals surface area (Å²) in [6.07, 6.45) is 0. The summed E-state index contributed by atoms with van der Waals surface area (Å²) in [6, 6.07) is 1.85. The SMILES string of the molecule is CC.CC(=O)N(C)CC#N. The van der Waals surface area contributed by atoms with E-state index >= 15 is 0 Å². The summed E-state index contributed by atoms with van der Waals surface area (Å²) < 4.78 is 0. The van der Waals surface area contributed by atoms with Gasteiger partial charge in [0.2, 0.25) is 5.91 Å². The lowest BCUT2D eigenvalue weighted by Crippen LogP contribution is -2.23. The lowest BCUT2D eigenvalue weighted by Gasteiger charge is -2.07. The summed E-state index contributed by atoms with van der Waals surface area (Å²) in [5.41, 5.74) is 0. The maximum Gasteiger partial charge on any atom is 0.220 e. The van der Waals surface area contributed by atoms with Crippen molar-refractivity contribution in [3.05, 3.63) is 0 Å². The molecular formula is C7H14N2O. The van der Waals surface area contributed by atoms with E-state index in [2.05, 4.69) is 0 Å². The Hall–Kier alpha value is -1.04. The first-order valence-corrected chi connectivity index (χ1v) is 3.27. The van der Waals surface area contributed by atoms with Crippen LogP contribution in [0.5, 0.6) is 0 Å². The van der Waals surface area contributed by atoms with Gasteiger partial charge in [-0.25, -0.2) is 0 Å². The number of rotatable bonds is 1. The van der Waals surface area contributed by atoms with E-state index in [1.54, 1.807) is 7.05 Å². The quantitative estimate of drug-likeness (QED) is 0.513. The van der Waals surface area contributed by atoms with Crippen molar-refractivity contribution in [3.8, 4) is 6.07 Å². The van der Waals surface area contributed by atoms with Gasteiger partial charge in [0.15, 0.2) is 0 Å². The third-order valence-electron chi connectivity index (χ3n) is 0.845. The molecule has 0 N–H and O–H groups in total. The van der Waals surface area contributed by atoms with Gasteiger partial charge in [-0.2, -0.15) is 5.26 Å². The maximum atomic E-state index is 10.3. The van der Waals surface area contributed by atoms with Crippen molar-refractivity contribution in [2.24, 2.45) is 0 Å². The van der Waals surface area contributed by atoms with Gasteiger partial charge in [-0.3, -0.25) is 4.79 Å². The highest BCUT2D eigenvalue weighted by atomic mass is 16.2. The Morgan fingerprint density at radius 2 is 2.00 bits per heavy atom. The fourth-order valence-corrected chi connectivity index (χ4v) is 0.217. The van der Waals surface area contributed by atoms with E-state index in [0.717, 1.165) is 0 Å². The molecule has 0 aliphatic rings. The fraction of sp³-hybridized carbons (Fsp3) is 0.714. The Balaban J connectivity index is 0. The van der Waals surface area contributed by atoms with Gasteiger partial charge in [0.05, 0.1) is 6.07 Å². The van der Waals surface area contributed by atoms with E-state index in [9.17, 15) is 4.79 Å². The van der Waals surface area contributed by atoms with Gasteiger partial charge >= 0.3 is 0 Å². The zero-order valence-corrected chi connectivity index (χ0v) is 7.01. The Morgan fingerprint density at radius 3 is 2.10 bits per heavy atom. The van der Waals surface area contributed by atoms with Crippen molar-refractivity contribution in [2.45, 2.75) is 20.8 Å². The Kier molecular flexibility index (Phi) is 9.33. The van der Waals surface area contributed by atoms with Crippen LogP contribution in [-0.2, 0) is 4.79 Å². The monoisotopic (exact) mass is 142 g/mol. The molecule has 0 saturated heterocycles. The highest BCUT2D eigenvalue weighted by Gasteiger charge is 1.96. The molecule has 0 heterocycles. The van der Waals surface area contributed by atoms with Gasteiger partial charge in [0.1, 0.15) is 6.54 Å². The molecule has 0 atom stereocenters. The zero-order chi connectivity index (χ0) is 8.57. The van der Waals surface area contributed by atoms with E-state index < -0.39 is 0 Å². The lowest BCUT2D eigenvalue weighted by molar-refractivity contribution is -0.126. The predicted octanol–water partition coefficient (Wildman–Crippen LogP) is 1.01. The molecule has 0 aromatic rings. The Morgan fingerprint density at radius 1 is 1.60 bits per heavy atom. The molecule has 0 fully saturated rings. The lowest BCUT2D eigenvalue weighted by atomic mass is 10.5. The minimum Gasteiger partial charge on any atom is -0.333 e. The molecule has 3 heteroatoms. The molecular weight excluding hydrogens is 128 g/mol. The van der Waals surface area contributed by atoms with Crippen molar-refractivity contribution in [3.63, 3.8) is 0 Å². The molecule has 0 bridgehead atoms. The summed E-state index contributed by atoms with van der Waals surface area (Å²) in [4.78, 5) is 11.7.